The van der Waals surface area contributed by atoms with Crippen molar-refractivity contribution in [3.05, 3.63) is 60.7 Å². The van der Waals surface area contributed by atoms with Gasteiger partial charge >= 0.3 is 6.03 Å². The predicted octanol–water partition coefficient (Wildman–Crippen LogP) is 4.69. The Morgan fingerprint density at radius 1 is 1.33 bits per heavy atom. The molecule has 0 saturated heterocycles. The number of methoxy groups -OCH3 is 1. The highest BCUT2D eigenvalue weighted by molar-refractivity contribution is 5.96. The summed E-state index contributed by atoms with van der Waals surface area (Å²) < 4.78 is 7.45. The first-order valence-corrected chi connectivity index (χ1v) is 9.64. The van der Waals surface area contributed by atoms with Gasteiger partial charge < -0.3 is 14.6 Å². The SMILES string of the molecule is C=CCNC(=O)N(O)c1ccc(-c2c(C#N)c3cc(OC)ccc3n2CCC)cc1. The number of benzene rings is 2. The summed E-state index contributed by atoms with van der Waals surface area (Å²) in [6.07, 6.45) is 2.43. The molecule has 0 unspecified atom stereocenters. The Labute approximate surface area is 175 Å². The maximum Gasteiger partial charge on any atom is 0.346 e. The van der Waals surface area contributed by atoms with Crippen molar-refractivity contribution in [2.24, 2.45) is 0 Å². The number of rotatable bonds is 7. The van der Waals surface area contributed by atoms with Gasteiger partial charge in [0.1, 0.15) is 11.8 Å². The normalized spacial score (nSPS) is 10.5. The summed E-state index contributed by atoms with van der Waals surface area (Å²) in [6.45, 7) is 6.61. The van der Waals surface area contributed by atoms with Crippen LogP contribution >= 0.6 is 0 Å². The van der Waals surface area contributed by atoms with Gasteiger partial charge in [0.15, 0.2) is 0 Å². The maximum absolute atomic E-state index is 11.9. The summed E-state index contributed by atoms with van der Waals surface area (Å²) in [5, 5.41) is 23.9. The molecule has 0 saturated carbocycles. The van der Waals surface area contributed by atoms with Crippen molar-refractivity contribution in [1.29, 1.82) is 5.26 Å². The Morgan fingerprint density at radius 3 is 2.67 bits per heavy atom. The maximum atomic E-state index is 11.9. The molecule has 3 aromatic rings. The molecule has 0 atom stereocenters. The number of nitrogens with one attached hydrogen (secondary N) is 1. The smallest absolute Gasteiger partial charge is 0.346 e. The minimum absolute atomic E-state index is 0.250. The molecule has 0 spiro atoms. The largest absolute Gasteiger partial charge is 0.497 e. The molecule has 0 radical (unpaired) electrons. The van der Waals surface area contributed by atoms with Crippen LogP contribution in [0.5, 0.6) is 5.75 Å². The van der Waals surface area contributed by atoms with Crippen LogP contribution in [0.3, 0.4) is 0 Å². The third kappa shape index (κ3) is 3.86. The first-order chi connectivity index (χ1) is 14.5. The second-order valence-corrected chi connectivity index (χ2v) is 6.70. The van der Waals surface area contributed by atoms with E-state index in [-0.39, 0.29) is 6.54 Å². The molecule has 30 heavy (non-hydrogen) atoms. The number of nitriles is 1. The number of aryl methyl sites for hydroxylation is 1. The Balaban J connectivity index is 2.07. The summed E-state index contributed by atoms with van der Waals surface area (Å²) >= 11 is 0. The molecule has 0 fully saturated rings. The third-order valence-electron chi connectivity index (χ3n) is 4.80. The van der Waals surface area contributed by atoms with Gasteiger partial charge in [-0.2, -0.15) is 10.3 Å². The van der Waals surface area contributed by atoms with Gasteiger partial charge in [0.05, 0.1) is 29.6 Å². The third-order valence-corrected chi connectivity index (χ3v) is 4.80. The minimum Gasteiger partial charge on any atom is -0.497 e. The number of nitrogens with zero attached hydrogens (tertiary/aromatic N) is 3. The van der Waals surface area contributed by atoms with Gasteiger partial charge in [0, 0.05) is 18.5 Å². The molecule has 3 rings (SSSR count). The Kier molecular flexibility index (Phi) is 6.40. The predicted molar refractivity (Wildman–Crippen MR) is 117 cm³/mol. The lowest BCUT2D eigenvalue weighted by molar-refractivity contribution is 0.205. The summed E-state index contributed by atoms with van der Waals surface area (Å²) in [7, 11) is 1.60. The van der Waals surface area contributed by atoms with Crippen molar-refractivity contribution in [2.75, 3.05) is 18.7 Å². The number of fused-ring (bicyclic) bond motifs is 1. The number of hydroxylamine groups is 1. The number of carbonyl (C=O) groups excluding carboxylic acids is 1. The standard InChI is InChI=1S/C23H24N4O3/c1-4-12-25-23(28)27(29)17-8-6-16(7-9-17)22-20(15-24)19-14-18(30-3)10-11-21(19)26(22)13-5-2/h4,6-11,14,29H,1,5,12-13H2,2-3H3,(H,25,28). The van der Waals surface area contributed by atoms with Crippen molar-refractivity contribution in [3.8, 4) is 23.1 Å². The number of anilines is 1. The minimum atomic E-state index is -0.646. The second kappa shape index (κ2) is 9.16. The van der Waals surface area contributed by atoms with Crippen LogP contribution in [0.15, 0.2) is 55.1 Å². The molecule has 1 aromatic heterocycles. The Hall–Kier alpha value is -3.76. The van der Waals surface area contributed by atoms with E-state index in [4.69, 9.17) is 4.74 Å². The molecule has 0 aliphatic heterocycles. The number of hydrogen-bond donors (Lipinski definition) is 2. The van der Waals surface area contributed by atoms with Crippen molar-refractivity contribution < 1.29 is 14.7 Å². The van der Waals surface area contributed by atoms with Gasteiger partial charge in [0.25, 0.3) is 0 Å². The molecule has 2 amide bonds. The van der Waals surface area contributed by atoms with Crippen molar-refractivity contribution >= 4 is 22.6 Å². The van der Waals surface area contributed by atoms with Crippen LogP contribution in [-0.2, 0) is 6.54 Å². The van der Waals surface area contributed by atoms with Crippen LogP contribution in [0.25, 0.3) is 22.2 Å². The fourth-order valence-corrected chi connectivity index (χ4v) is 3.44. The first-order valence-electron chi connectivity index (χ1n) is 9.64. The van der Waals surface area contributed by atoms with Crippen molar-refractivity contribution in [3.63, 3.8) is 0 Å². The number of hydrogen-bond acceptors (Lipinski definition) is 4. The van der Waals surface area contributed by atoms with Crippen LogP contribution in [0.2, 0.25) is 0 Å². The average Bonchev–Trinajstić information content (AvgIpc) is 3.09. The fraction of sp³-hybridized carbons (Fsp3) is 0.217. The lowest BCUT2D eigenvalue weighted by atomic mass is 10.1. The molecule has 0 bridgehead atoms. The van der Waals surface area contributed by atoms with Gasteiger partial charge in [0.2, 0.25) is 0 Å². The highest BCUT2D eigenvalue weighted by Gasteiger charge is 2.20. The molecule has 154 valence electrons. The fourth-order valence-electron chi connectivity index (χ4n) is 3.44. The Morgan fingerprint density at radius 2 is 2.07 bits per heavy atom. The van der Waals surface area contributed by atoms with E-state index in [1.165, 1.54) is 6.08 Å². The highest BCUT2D eigenvalue weighted by Crippen LogP contribution is 2.36. The molecule has 2 aromatic carbocycles. The number of amides is 2. The summed E-state index contributed by atoms with van der Waals surface area (Å²) in [5.74, 6) is 0.691. The molecule has 0 aliphatic carbocycles. The topological polar surface area (TPSA) is 90.5 Å². The van der Waals surface area contributed by atoms with Crippen LogP contribution in [0, 0.1) is 11.3 Å². The van der Waals surface area contributed by atoms with Gasteiger partial charge in [-0.15, -0.1) is 6.58 Å². The van der Waals surface area contributed by atoms with Crippen molar-refractivity contribution in [1.82, 2.24) is 9.88 Å². The van der Waals surface area contributed by atoms with E-state index in [1.54, 1.807) is 31.4 Å². The van der Waals surface area contributed by atoms with Crippen LogP contribution in [0.1, 0.15) is 18.9 Å². The number of urea groups is 1. The molecule has 0 aliphatic rings. The number of ether oxygens (including phenoxy) is 1. The lowest BCUT2D eigenvalue weighted by Crippen LogP contribution is -2.37. The van der Waals surface area contributed by atoms with Crippen LogP contribution in [-0.4, -0.2) is 29.5 Å². The molecule has 2 N–H and O–H groups in total. The van der Waals surface area contributed by atoms with E-state index in [0.29, 0.717) is 22.1 Å². The molecule has 7 nitrogen and oxygen atoms in total. The zero-order valence-electron chi connectivity index (χ0n) is 17.1. The van der Waals surface area contributed by atoms with Crippen molar-refractivity contribution in [2.45, 2.75) is 19.9 Å². The van der Waals surface area contributed by atoms with E-state index in [9.17, 15) is 15.3 Å². The van der Waals surface area contributed by atoms with E-state index >= 15 is 0 Å². The van der Waals surface area contributed by atoms with Gasteiger partial charge in [-0.1, -0.05) is 25.1 Å². The first kappa shape index (κ1) is 21.0. The average molecular weight is 404 g/mol. The monoisotopic (exact) mass is 404 g/mol. The van der Waals surface area contributed by atoms with Gasteiger partial charge in [-0.3, -0.25) is 5.21 Å². The highest BCUT2D eigenvalue weighted by atomic mass is 16.5. The zero-order valence-corrected chi connectivity index (χ0v) is 17.1. The molecule has 1 heterocycles. The van der Waals surface area contributed by atoms with E-state index in [2.05, 4.69) is 29.5 Å². The number of aromatic nitrogens is 1. The summed E-state index contributed by atoms with van der Waals surface area (Å²) in [4.78, 5) is 11.9. The Bertz CT molecular complexity index is 1110. The van der Waals surface area contributed by atoms with Crippen LogP contribution in [0.4, 0.5) is 10.5 Å². The van der Waals surface area contributed by atoms with E-state index in [0.717, 1.165) is 35.1 Å². The quantitative estimate of drug-likeness (QED) is 0.340. The van der Waals surface area contributed by atoms with Gasteiger partial charge in [-0.05, 0) is 42.3 Å². The molecule has 7 heteroatoms. The summed E-state index contributed by atoms with van der Waals surface area (Å²) in [5.41, 5.74) is 3.46. The van der Waals surface area contributed by atoms with Crippen LogP contribution < -0.4 is 15.1 Å². The van der Waals surface area contributed by atoms with E-state index < -0.39 is 6.03 Å². The second-order valence-electron chi connectivity index (χ2n) is 6.70. The summed E-state index contributed by atoms with van der Waals surface area (Å²) in [6, 6.07) is 14.3. The zero-order chi connectivity index (χ0) is 21.7. The number of carbonyl (C=O) groups is 1. The molecular weight excluding hydrogens is 380 g/mol. The lowest BCUT2D eigenvalue weighted by Gasteiger charge is -2.16. The molecular formula is C23H24N4O3. The van der Waals surface area contributed by atoms with Gasteiger partial charge in [-0.25, -0.2) is 4.79 Å². The van der Waals surface area contributed by atoms with E-state index in [1.807, 2.05) is 18.2 Å².